The summed E-state index contributed by atoms with van der Waals surface area (Å²) in [4.78, 5) is 21.1. The molecule has 3 rings (SSSR count). The second kappa shape index (κ2) is 10.8. The molecule has 0 radical (unpaired) electrons. The third kappa shape index (κ3) is 5.72. The molecule has 6 nitrogen and oxygen atoms in total. The average Bonchev–Trinajstić information content (AvgIpc) is 3.36. The van der Waals surface area contributed by atoms with Crippen LogP contribution in [0.15, 0.2) is 30.7 Å². The molecule has 1 saturated heterocycles. The zero-order valence-corrected chi connectivity index (χ0v) is 18.0. The van der Waals surface area contributed by atoms with Gasteiger partial charge in [0.15, 0.2) is 5.15 Å². The zero-order chi connectivity index (χ0) is 19.8. The zero-order valence-electron chi connectivity index (χ0n) is 16.4. The molecular formula is C20H28ClN5OS. The highest BCUT2D eigenvalue weighted by Gasteiger charge is 2.20. The third-order valence-corrected chi connectivity index (χ3v) is 6.23. The number of amides is 1. The maximum absolute atomic E-state index is 12.7. The number of thioether (sulfide) groups is 1. The first kappa shape index (κ1) is 21.1. The highest BCUT2D eigenvalue weighted by molar-refractivity contribution is 7.99. The van der Waals surface area contributed by atoms with Crippen molar-refractivity contribution in [1.29, 1.82) is 0 Å². The summed E-state index contributed by atoms with van der Waals surface area (Å²) >= 11 is 8.18. The average molecular weight is 422 g/mol. The number of anilines is 1. The van der Waals surface area contributed by atoms with E-state index in [1.807, 2.05) is 30.8 Å². The van der Waals surface area contributed by atoms with Crippen molar-refractivity contribution >= 4 is 35.0 Å². The molecule has 1 aliphatic rings. The van der Waals surface area contributed by atoms with Crippen LogP contribution in [0, 0.1) is 0 Å². The van der Waals surface area contributed by atoms with Gasteiger partial charge in [-0.2, -0.15) is 16.9 Å². The number of halogens is 1. The van der Waals surface area contributed by atoms with Crippen molar-refractivity contribution in [2.24, 2.45) is 0 Å². The number of nitrogens with zero attached hydrogens (tertiary/aromatic N) is 5. The van der Waals surface area contributed by atoms with Gasteiger partial charge in [0.05, 0.1) is 18.1 Å². The summed E-state index contributed by atoms with van der Waals surface area (Å²) in [5.74, 6) is 2.03. The number of pyridine rings is 1. The fourth-order valence-corrected chi connectivity index (χ4v) is 4.51. The highest BCUT2D eigenvalue weighted by Crippen LogP contribution is 2.26. The van der Waals surface area contributed by atoms with Crippen molar-refractivity contribution in [1.82, 2.24) is 19.7 Å². The summed E-state index contributed by atoms with van der Waals surface area (Å²) in [6.07, 6.45) is 9.60. The highest BCUT2D eigenvalue weighted by atomic mass is 35.5. The molecule has 152 valence electrons. The first-order valence-corrected chi connectivity index (χ1v) is 11.5. The molecule has 0 N–H and O–H groups in total. The Morgan fingerprint density at radius 2 is 2.14 bits per heavy atom. The Hall–Kier alpha value is -1.57. The molecule has 0 bridgehead atoms. The van der Waals surface area contributed by atoms with Crippen LogP contribution in [0.1, 0.15) is 32.6 Å². The van der Waals surface area contributed by atoms with Crippen LogP contribution < -0.4 is 4.90 Å². The largest absolute Gasteiger partial charge is 0.308 e. The predicted octanol–water partition coefficient (Wildman–Crippen LogP) is 3.88. The van der Waals surface area contributed by atoms with E-state index in [0.29, 0.717) is 23.8 Å². The number of hydrogen-bond donors (Lipinski definition) is 0. The van der Waals surface area contributed by atoms with Crippen molar-refractivity contribution in [3.63, 3.8) is 0 Å². The van der Waals surface area contributed by atoms with Gasteiger partial charge < -0.3 is 9.80 Å². The lowest BCUT2D eigenvalue weighted by Crippen LogP contribution is -2.30. The van der Waals surface area contributed by atoms with E-state index in [-0.39, 0.29) is 5.91 Å². The summed E-state index contributed by atoms with van der Waals surface area (Å²) in [6.45, 7) is 6.21. The molecule has 3 heterocycles. The van der Waals surface area contributed by atoms with Gasteiger partial charge in [-0.1, -0.05) is 11.6 Å². The second-order valence-electron chi connectivity index (χ2n) is 6.86. The van der Waals surface area contributed by atoms with Crippen molar-refractivity contribution in [3.05, 3.63) is 35.9 Å². The Kier molecular flexibility index (Phi) is 8.18. The first-order valence-electron chi connectivity index (χ1n) is 9.95. The number of hydrogen-bond acceptors (Lipinski definition) is 5. The minimum Gasteiger partial charge on any atom is -0.308 e. The van der Waals surface area contributed by atoms with E-state index in [9.17, 15) is 4.79 Å². The van der Waals surface area contributed by atoms with Crippen molar-refractivity contribution in [2.45, 2.75) is 32.6 Å². The maximum Gasteiger partial charge on any atom is 0.227 e. The summed E-state index contributed by atoms with van der Waals surface area (Å²) in [5.41, 5.74) is 1.46. The second-order valence-corrected chi connectivity index (χ2v) is 8.45. The molecule has 0 spiro atoms. The summed E-state index contributed by atoms with van der Waals surface area (Å²) in [7, 11) is 0. The topological polar surface area (TPSA) is 54.3 Å². The van der Waals surface area contributed by atoms with Crippen LogP contribution in [-0.4, -0.2) is 63.3 Å². The summed E-state index contributed by atoms with van der Waals surface area (Å²) < 4.78 is 1.66. The van der Waals surface area contributed by atoms with Crippen LogP contribution in [0.4, 0.5) is 5.69 Å². The molecule has 0 unspecified atom stereocenters. The van der Waals surface area contributed by atoms with Gasteiger partial charge in [-0.3, -0.25) is 9.78 Å². The van der Waals surface area contributed by atoms with Crippen LogP contribution in [0.25, 0.3) is 5.69 Å². The number of rotatable bonds is 10. The van der Waals surface area contributed by atoms with Gasteiger partial charge >= 0.3 is 0 Å². The van der Waals surface area contributed by atoms with E-state index in [2.05, 4.69) is 15.0 Å². The summed E-state index contributed by atoms with van der Waals surface area (Å²) in [5, 5.41) is 4.66. The molecule has 0 saturated carbocycles. The lowest BCUT2D eigenvalue weighted by Gasteiger charge is -2.19. The number of carbonyl (C=O) groups is 1. The van der Waals surface area contributed by atoms with Crippen molar-refractivity contribution in [2.75, 3.05) is 42.6 Å². The van der Waals surface area contributed by atoms with E-state index in [4.69, 9.17) is 11.6 Å². The van der Waals surface area contributed by atoms with Gasteiger partial charge in [0.25, 0.3) is 0 Å². The lowest BCUT2D eigenvalue weighted by molar-refractivity contribution is -0.118. The quantitative estimate of drug-likeness (QED) is 0.545. The molecule has 1 amide bonds. The van der Waals surface area contributed by atoms with Gasteiger partial charge in [-0.15, -0.1) is 0 Å². The number of carbonyl (C=O) groups excluding carboxylic acids is 1. The molecule has 8 heteroatoms. The minimum absolute atomic E-state index is 0.0854. The Morgan fingerprint density at radius 3 is 2.86 bits per heavy atom. The Labute approximate surface area is 176 Å². The van der Waals surface area contributed by atoms with E-state index in [0.717, 1.165) is 17.2 Å². The molecule has 2 aromatic heterocycles. The Balaban J connectivity index is 1.47. The van der Waals surface area contributed by atoms with E-state index >= 15 is 0 Å². The lowest BCUT2D eigenvalue weighted by atomic mass is 10.3. The first-order chi connectivity index (χ1) is 13.7. The number of aromatic nitrogens is 3. The SMILES string of the molecule is CCN(C(=O)CCSCCCN1CCCC1)c1cn(-c2cccnc2)nc1Cl. The van der Waals surface area contributed by atoms with Crippen LogP contribution >= 0.6 is 23.4 Å². The molecule has 0 aromatic carbocycles. The molecule has 0 aliphatic carbocycles. The third-order valence-electron chi connectivity index (χ3n) is 4.89. The van der Waals surface area contributed by atoms with Gasteiger partial charge in [-0.05, 0) is 63.7 Å². The predicted molar refractivity (Wildman–Crippen MR) is 117 cm³/mol. The Morgan fingerprint density at radius 1 is 1.32 bits per heavy atom. The van der Waals surface area contributed by atoms with Crippen LogP contribution in [0.5, 0.6) is 0 Å². The summed E-state index contributed by atoms with van der Waals surface area (Å²) in [6, 6.07) is 3.74. The fourth-order valence-electron chi connectivity index (χ4n) is 3.42. The van der Waals surface area contributed by atoms with Crippen molar-refractivity contribution in [3.8, 4) is 5.69 Å². The van der Waals surface area contributed by atoms with Crippen LogP contribution in [0.2, 0.25) is 5.15 Å². The molecule has 28 heavy (non-hydrogen) atoms. The Bertz CT molecular complexity index is 748. The van der Waals surface area contributed by atoms with Crippen molar-refractivity contribution < 1.29 is 4.79 Å². The van der Waals surface area contributed by atoms with Crippen LogP contribution in [-0.2, 0) is 4.79 Å². The molecule has 0 atom stereocenters. The normalized spacial score (nSPS) is 14.5. The standard InChI is InChI=1S/C20H28ClN5OS/c1-2-25(18-16-26(23-20(18)21)17-7-5-9-22-15-17)19(27)8-14-28-13-6-12-24-10-3-4-11-24/h5,7,9,15-16H,2-4,6,8,10-14H2,1H3. The maximum atomic E-state index is 12.7. The van der Waals surface area contributed by atoms with E-state index in [1.54, 1.807) is 28.2 Å². The van der Waals surface area contributed by atoms with E-state index in [1.165, 1.54) is 38.9 Å². The monoisotopic (exact) mass is 421 g/mol. The van der Waals surface area contributed by atoms with E-state index < -0.39 is 0 Å². The molecule has 2 aromatic rings. The van der Waals surface area contributed by atoms with Crippen LogP contribution in [0.3, 0.4) is 0 Å². The van der Waals surface area contributed by atoms with Gasteiger partial charge in [-0.25, -0.2) is 4.68 Å². The molecule has 1 fully saturated rings. The minimum atomic E-state index is 0.0854. The fraction of sp³-hybridized carbons (Fsp3) is 0.550. The van der Waals surface area contributed by atoms with Gasteiger partial charge in [0.1, 0.15) is 5.69 Å². The van der Waals surface area contributed by atoms with Gasteiger partial charge in [0.2, 0.25) is 5.91 Å². The molecule has 1 aliphatic heterocycles. The smallest absolute Gasteiger partial charge is 0.227 e. The van der Waals surface area contributed by atoms with Gasteiger partial charge in [0, 0.05) is 24.9 Å². The molecular weight excluding hydrogens is 394 g/mol. The number of likely N-dealkylation sites (tertiary alicyclic amines) is 1.